The van der Waals surface area contributed by atoms with Crippen LogP contribution >= 0.6 is 0 Å². The Morgan fingerprint density at radius 2 is 2.11 bits per heavy atom. The molecule has 0 aromatic heterocycles. The smallest absolute Gasteiger partial charge is 0.0494 e. The number of allylic oxidation sites excluding steroid dienone is 1. The molecular weight excluding hydrogens is 112 g/mol. The molecule has 0 rings (SSSR count). The molecule has 2 heteroatoms. The van der Waals surface area contributed by atoms with Gasteiger partial charge < -0.3 is 5.84 Å². The molecule has 0 radical (unpaired) electrons. The van der Waals surface area contributed by atoms with E-state index in [1.54, 1.807) is 6.21 Å². The number of hydrogen-bond acceptors (Lipinski definition) is 2. The van der Waals surface area contributed by atoms with E-state index in [1.165, 1.54) is 0 Å². The first kappa shape index (κ1) is 11.1. The van der Waals surface area contributed by atoms with Crippen molar-refractivity contribution in [2.45, 2.75) is 21.3 Å². The summed E-state index contributed by atoms with van der Waals surface area (Å²) in [6.07, 6.45) is 1.57. The SMILES string of the molecule is C.C=C(/C=N\N)C(C)C. The monoisotopic (exact) mass is 128 g/mol. The zero-order chi connectivity index (χ0) is 6.57. The van der Waals surface area contributed by atoms with Gasteiger partial charge in [-0.2, -0.15) is 5.10 Å². The molecule has 0 atom stereocenters. The Hall–Kier alpha value is -0.790. The summed E-state index contributed by atoms with van der Waals surface area (Å²) in [5, 5.41) is 3.33. The normalized spacial score (nSPS) is 9.67. The molecule has 0 fully saturated rings. The summed E-state index contributed by atoms with van der Waals surface area (Å²) in [7, 11) is 0. The van der Waals surface area contributed by atoms with Crippen LogP contribution in [0.1, 0.15) is 21.3 Å². The third kappa shape index (κ3) is 5.07. The molecule has 2 N–H and O–H groups in total. The molecule has 0 spiro atoms. The van der Waals surface area contributed by atoms with Crippen molar-refractivity contribution < 1.29 is 0 Å². The minimum absolute atomic E-state index is 0. The van der Waals surface area contributed by atoms with Crippen molar-refractivity contribution in [1.82, 2.24) is 0 Å². The van der Waals surface area contributed by atoms with E-state index in [-0.39, 0.29) is 7.43 Å². The van der Waals surface area contributed by atoms with Crippen molar-refractivity contribution in [3.8, 4) is 0 Å². The first-order chi connectivity index (χ1) is 3.68. The van der Waals surface area contributed by atoms with E-state index in [1.807, 2.05) is 13.8 Å². The number of nitrogens with zero attached hydrogens (tertiary/aromatic N) is 1. The summed E-state index contributed by atoms with van der Waals surface area (Å²) in [6.45, 7) is 7.81. The molecule has 0 saturated carbocycles. The Morgan fingerprint density at radius 3 is 2.22 bits per heavy atom. The summed E-state index contributed by atoms with van der Waals surface area (Å²) in [6, 6.07) is 0. The summed E-state index contributed by atoms with van der Waals surface area (Å²) in [5.41, 5.74) is 0.965. The fraction of sp³-hybridized carbons (Fsp3) is 0.571. The molecule has 0 amide bonds. The third-order valence-electron chi connectivity index (χ3n) is 0.982. The van der Waals surface area contributed by atoms with Crippen LogP contribution in [0.3, 0.4) is 0 Å². The van der Waals surface area contributed by atoms with E-state index in [0.29, 0.717) is 5.92 Å². The van der Waals surface area contributed by atoms with E-state index in [0.717, 1.165) is 5.57 Å². The van der Waals surface area contributed by atoms with Crippen LogP contribution in [0.5, 0.6) is 0 Å². The predicted octanol–water partition coefficient (Wildman–Crippen LogP) is 1.78. The lowest BCUT2D eigenvalue weighted by Crippen LogP contribution is -1.94. The van der Waals surface area contributed by atoms with Crippen molar-refractivity contribution >= 4 is 6.21 Å². The maximum atomic E-state index is 4.88. The summed E-state index contributed by atoms with van der Waals surface area (Å²) >= 11 is 0. The topological polar surface area (TPSA) is 38.4 Å². The number of rotatable bonds is 2. The first-order valence-corrected chi connectivity index (χ1v) is 2.60. The van der Waals surface area contributed by atoms with E-state index < -0.39 is 0 Å². The van der Waals surface area contributed by atoms with Crippen molar-refractivity contribution in [2.75, 3.05) is 0 Å². The maximum absolute atomic E-state index is 4.88. The van der Waals surface area contributed by atoms with Crippen LogP contribution in [-0.4, -0.2) is 6.21 Å². The molecule has 0 bridgehead atoms. The summed E-state index contributed by atoms with van der Waals surface area (Å²) in [4.78, 5) is 0. The molecule has 0 aromatic carbocycles. The Kier molecular flexibility index (Phi) is 6.58. The Bertz CT molecular complexity index is 103. The molecule has 0 aliphatic carbocycles. The van der Waals surface area contributed by atoms with Gasteiger partial charge in [-0.05, 0) is 11.5 Å². The van der Waals surface area contributed by atoms with Crippen LogP contribution in [0, 0.1) is 5.92 Å². The lowest BCUT2D eigenvalue weighted by atomic mass is 10.1. The number of nitrogens with two attached hydrogens (primary N) is 1. The van der Waals surface area contributed by atoms with E-state index >= 15 is 0 Å². The molecule has 54 valence electrons. The average Bonchev–Trinajstić information content (AvgIpc) is 1.67. The second kappa shape index (κ2) is 5.35. The fourth-order valence-corrected chi connectivity index (χ4v) is 0.245. The highest BCUT2D eigenvalue weighted by molar-refractivity contribution is 5.77. The van der Waals surface area contributed by atoms with Gasteiger partial charge >= 0.3 is 0 Å². The van der Waals surface area contributed by atoms with Crippen molar-refractivity contribution in [2.24, 2.45) is 16.9 Å². The van der Waals surface area contributed by atoms with E-state index in [4.69, 9.17) is 5.84 Å². The van der Waals surface area contributed by atoms with Crippen molar-refractivity contribution in [1.29, 1.82) is 0 Å². The zero-order valence-electron chi connectivity index (χ0n) is 5.39. The van der Waals surface area contributed by atoms with Gasteiger partial charge in [-0.1, -0.05) is 27.9 Å². The van der Waals surface area contributed by atoms with Crippen LogP contribution in [0.25, 0.3) is 0 Å². The lowest BCUT2D eigenvalue weighted by molar-refractivity contribution is 0.809. The highest BCUT2D eigenvalue weighted by atomic mass is 15.1. The summed E-state index contributed by atoms with van der Waals surface area (Å²) in [5.74, 6) is 5.32. The number of hydrazone groups is 1. The number of hydrogen-bond donors (Lipinski definition) is 1. The second-order valence-corrected chi connectivity index (χ2v) is 2.01. The quantitative estimate of drug-likeness (QED) is 0.343. The van der Waals surface area contributed by atoms with Crippen molar-refractivity contribution in [3.63, 3.8) is 0 Å². The minimum atomic E-state index is 0. The van der Waals surface area contributed by atoms with Gasteiger partial charge in [0.2, 0.25) is 0 Å². The second-order valence-electron chi connectivity index (χ2n) is 2.01. The zero-order valence-corrected chi connectivity index (χ0v) is 5.39. The van der Waals surface area contributed by atoms with Gasteiger partial charge in [0.1, 0.15) is 0 Å². The highest BCUT2D eigenvalue weighted by Crippen LogP contribution is 2.01. The molecule has 0 unspecified atom stereocenters. The summed E-state index contributed by atoms with van der Waals surface area (Å²) < 4.78 is 0. The van der Waals surface area contributed by atoms with E-state index in [9.17, 15) is 0 Å². The standard InChI is InChI=1S/C6H12N2.CH4/c1-5(2)6(3)4-8-7;/h4-5H,3,7H2,1-2H3;1H4/b8-4-;. The highest BCUT2D eigenvalue weighted by Gasteiger charge is 1.93. The molecule has 2 nitrogen and oxygen atoms in total. The molecule has 0 saturated heterocycles. The molecule has 0 aromatic rings. The van der Waals surface area contributed by atoms with Crippen molar-refractivity contribution in [3.05, 3.63) is 12.2 Å². The molecule has 0 aliphatic rings. The predicted molar refractivity (Wildman–Crippen MR) is 43.4 cm³/mol. The van der Waals surface area contributed by atoms with Crippen LogP contribution in [-0.2, 0) is 0 Å². The van der Waals surface area contributed by atoms with Crippen LogP contribution < -0.4 is 5.84 Å². The van der Waals surface area contributed by atoms with Crippen LogP contribution in [0.2, 0.25) is 0 Å². The minimum Gasteiger partial charge on any atom is -0.323 e. The van der Waals surface area contributed by atoms with Crippen LogP contribution in [0.4, 0.5) is 0 Å². The van der Waals surface area contributed by atoms with Gasteiger partial charge in [0.15, 0.2) is 0 Å². The van der Waals surface area contributed by atoms with Gasteiger partial charge in [-0.15, -0.1) is 0 Å². The maximum Gasteiger partial charge on any atom is 0.0494 e. The largest absolute Gasteiger partial charge is 0.323 e. The Labute approximate surface area is 57.5 Å². The third-order valence-corrected chi connectivity index (χ3v) is 0.982. The Morgan fingerprint density at radius 1 is 1.67 bits per heavy atom. The average molecular weight is 128 g/mol. The Balaban J connectivity index is 0. The molecule has 9 heavy (non-hydrogen) atoms. The van der Waals surface area contributed by atoms with Gasteiger partial charge in [0.05, 0.1) is 0 Å². The molecular formula is C7H16N2. The molecule has 0 aliphatic heterocycles. The molecule has 0 heterocycles. The van der Waals surface area contributed by atoms with E-state index in [2.05, 4.69) is 11.7 Å². The lowest BCUT2D eigenvalue weighted by Gasteiger charge is -1.99. The van der Waals surface area contributed by atoms with Gasteiger partial charge in [-0.25, -0.2) is 0 Å². The van der Waals surface area contributed by atoms with Gasteiger partial charge in [-0.3, -0.25) is 0 Å². The van der Waals surface area contributed by atoms with Gasteiger partial charge in [0, 0.05) is 6.21 Å². The van der Waals surface area contributed by atoms with Gasteiger partial charge in [0.25, 0.3) is 0 Å². The fourth-order valence-electron chi connectivity index (χ4n) is 0.245. The first-order valence-electron chi connectivity index (χ1n) is 2.60. The van der Waals surface area contributed by atoms with Crippen LogP contribution in [0.15, 0.2) is 17.3 Å².